The molecule has 50 heavy (non-hydrogen) atoms. The lowest BCUT2D eigenvalue weighted by atomic mass is 9.95. The lowest BCUT2D eigenvalue weighted by Gasteiger charge is -2.15. The van der Waals surface area contributed by atoms with Gasteiger partial charge in [0.25, 0.3) is 0 Å². The molecule has 2 aromatic heterocycles. The van der Waals surface area contributed by atoms with E-state index in [-0.39, 0.29) is 0 Å². The Bertz CT molecular complexity index is 2970. The zero-order chi connectivity index (χ0) is 33.8. The van der Waals surface area contributed by atoms with Crippen LogP contribution in [0.3, 0.4) is 0 Å². The molecule has 0 atom stereocenters. The predicted molar refractivity (Wildman–Crippen MR) is 200 cm³/mol. The summed E-state index contributed by atoms with van der Waals surface area (Å²) in [6, 6.07) is 57.8. The van der Waals surface area contributed by atoms with Crippen molar-refractivity contribution in [3.63, 3.8) is 0 Å². The van der Waals surface area contributed by atoms with Crippen LogP contribution >= 0.6 is 0 Å². The zero-order valence-electron chi connectivity index (χ0n) is 26.7. The number of nitrogens with zero attached hydrogens (tertiary/aromatic N) is 5. The van der Waals surface area contributed by atoms with Crippen molar-refractivity contribution in [1.82, 2.24) is 9.13 Å². The monoisotopic (exact) mass is 635 g/mol. The number of aromatic nitrogens is 2. The maximum absolute atomic E-state index is 10.5. The molecule has 0 N–H and O–H groups in total. The molecule has 9 aromatic rings. The van der Waals surface area contributed by atoms with Gasteiger partial charge in [0.15, 0.2) is 0 Å². The maximum Gasteiger partial charge on any atom is 0.0998 e. The van der Waals surface area contributed by atoms with Gasteiger partial charge < -0.3 is 9.13 Å². The maximum atomic E-state index is 10.5. The number of rotatable bonds is 4. The zero-order valence-corrected chi connectivity index (χ0v) is 26.7. The molecule has 0 aliphatic rings. The van der Waals surface area contributed by atoms with Gasteiger partial charge >= 0.3 is 0 Å². The molecule has 0 saturated heterocycles. The van der Waals surface area contributed by atoms with Gasteiger partial charge in [0.1, 0.15) is 0 Å². The van der Waals surface area contributed by atoms with E-state index in [0.717, 1.165) is 77.2 Å². The van der Waals surface area contributed by atoms with Crippen molar-refractivity contribution in [2.24, 2.45) is 0 Å². The standard InChI is InChI=1S/C45H25N5/c46-26-29-17-21-44-40(22-29)38-12-3-5-14-42(38)49(44)34-18-20-35(33(25-34)28-48)31-8-7-9-32(24-31)36-10-1-4-13-41(36)50-43-15-6-2-11-37(43)39-19-16-30(27-47)23-45(39)50/h1-25H. The summed E-state index contributed by atoms with van der Waals surface area (Å²) < 4.78 is 4.40. The predicted octanol–water partition coefficient (Wildman–Crippen LogP) is 10.8. The number of benzene rings is 7. The van der Waals surface area contributed by atoms with Crippen LogP contribution in [0.5, 0.6) is 0 Å². The average Bonchev–Trinajstić information content (AvgIpc) is 3.69. The van der Waals surface area contributed by atoms with Crippen molar-refractivity contribution in [3.8, 4) is 51.8 Å². The molecule has 230 valence electrons. The second-order valence-corrected chi connectivity index (χ2v) is 12.3. The van der Waals surface area contributed by atoms with E-state index >= 15 is 0 Å². The number of nitriles is 3. The van der Waals surface area contributed by atoms with E-state index in [2.05, 4.69) is 81.9 Å². The molecule has 2 heterocycles. The van der Waals surface area contributed by atoms with E-state index in [4.69, 9.17) is 0 Å². The lowest BCUT2D eigenvalue weighted by molar-refractivity contribution is 1.18. The number of para-hydroxylation sites is 3. The Morgan fingerprint density at radius 2 is 1.00 bits per heavy atom. The van der Waals surface area contributed by atoms with E-state index in [1.807, 2.05) is 97.1 Å². The molecule has 0 radical (unpaired) electrons. The molecule has 9 rings (SSSR count). The van der Waals surface area contributed by atoms with Crippen molar-refractivity contribution >= 4 is 43.6 Å². The minimum absolute atomic E-state index is 0.568. The largest absolute Gasteiger partial charge is 0.309 e. The van der Waals surface area contributed by atoms with E-state index in [9.17, 15) is 15.8 Å². The first-order chi connectivity index (χ1) is 24.7. The quantitative estimate of drug-likeness (QED) is 0.193. The summed E-state index contributed by atoms with van der Waals surface area (Å²) in [4.78, 5) is 0. The Hall–Kier alpha value is -7.39. The van der Waals surface area contributed by atoms with Crippen LogP contribution in [0.1, 0.15) is 16.7 Å². The highest BCUT2D eigenvalue weighted by molar-refractivity contribution is 6.11. The molecule has 5 nitrogen and oxygen atoms in total. The minimum atomic E-state index is 0.568. The molecule has 0 amide bonds. The fraction of sp³-hybridized carbons (Fsp3) is 0. The molecule has 7 aromatic carbocycles. The Kier molecular flexibility index (Phi) is 6.56. The van der Waals surface area contributed by atoms with Gasteiger partial charge in [0, 0.05) is 32.8 Å². The number of hydrogen-bond donors (Lipinski definition) is 0. The Morgan fingerprint density at radius 3 is 1.78 bits per heavy atom. The highest BCUT2D eigenvalue weighted by atomic mass is 15.0. The normalized spacial score (nSPS) is 11.1. The van der Waals surface area contributed by atoms with Crippen LogP contribution in [0.25, 0.3) is 77.2 Å². The van der Waals surface area contributed by atoms with Gasteiger partial charge in [-0.05, 0) is 83.4 Å². The van der Waals surface area contributed by atoms with Gasteiger partial charge in [0.05, 0.1) is 62.7 Å². The molecule has 0 spiro atoms. The third-order valence-electron chi connectivity index (χ3n) is 9.62. The summed E-state index contributed by atoms with van der Waals surface area (Å²) in [5.41, 5.74) is 11.6. The van der Waals surface area contributed by atoms with Gasteiger partial charge in [-0.15, -0.1) is 0 Å². The molecule has 0 saturated carbocycles. The van der Waals surface area contributed by atoms with Crippen molar-refractivity contribution in [3.05, 3.63) is 168 Å². The molecule has 0 bridgehead atoms. The number of hydrogen-bond acceptors (Lipinski definition) is 3. The molecule has 0 fully saturated rings. The summed E-state index contributed by atoms with van der Waals surface area (Å²) in [6.45, 7) is 0. The first-order valence-electron chi connectivity index (χ1n) is 16.3. The highest BCUT2D eigenvalue weighted by Crippen LogP contribution is 2.39. The second kappa shape index (κ2) is 11.4. The first-order valence-corrected chi connectivity index (χ1v) is 16.3. The molecular weight excluding hydrogens is 611 g/mol. The average molecular weight is 636 g/mol. The summed E-state index contributed by atoms with van der Waals surface area (Å²) >= 11 is 0. The lowest BCUT2D eigenvalue weighted by Crippen LogP contribution is -1.98. The van der Waals surface area contributed by atoms with Crippen LogP contribution in [0.4, 0.5) is 0 Å². The summed E-state index contributed by atoms with van der Waals surface area (Å²) in [5, 5.41) is 34.0. The third-order valence-corrected chi connectivity index (χ3v) is 9.62. The van der Waals surface area contributed by atoms with Gasteiger partial charge in [-0.25, -0.2) is 0 Å². The molecule has 0 aliphatic carbocycles. The van der Waals surface area contributed by atoms with Crippen LogP contribution in [-0.2, 0) is 0 Å². The SMILES string of the molecule is N#Cc1ccc2c(c1)c1ccccc1n2-c1ccc(-c2cccc(-c3ccccc3-n3c4ccccc4c4ccc(C#N)cc43)c2)c(C#N)c1. The minimum Gasteiger partial charge on any atom is -0.309 e. The molecule has 5 heteroatoms. The third kappa shape index (κ3) is 4.38. The topological polar surface area (TPSA) is 81.2 Å². The summed E-state index contributed by atoms with van der Waals surface area (Å²) in [5.74, 6) is 0. The van der Waals surface area contributed by atoms with Gasteiger partial charge in [0.2, 0.25) is 0 Å². The highest BCUT2D eigenvalue weighted by Gasteiger charge is 2.18. The van der Waals surface area contributed by atoms with Crippen LogP contribution in [0.2, 0.25) is 0 Å². The van der Waals surface area contributed by atoms with Crippen LogP contribution < -0.4 is 0 Å². The Labute approximate surface area is 287 Å². The van der Waals surface area contributed by atoms with Crippen molar-refractivity contribution < 1.29 is 0 Å². The van der Waals surface area contributed by atoms with Gasteiger partial charge in [-0.3, -0.25) is 0 Å². The Morgan fingerprint density at radius 1 is 0.380 bits per heavy atom. The first kappa shape index (κ1) is 28.8. The fourth-order valence-corrected chi connectivity index (χ4v) is 7.40. The van der Waals surface area contributed by atoms with Crippen molar-refractivity contribution in [2.75, 3.05) is 0 Å². The van der Waals surface area contributed by atoms with E-state index in [1.54, 1.807) is 0 Å². The molecule has 0 aliphatic heterocycles. The van der Waals surface area contributed by atoms with Crippen molar-refractivity contribution in [2.45, 2.75) is 0 Å². The van der Waals surface area contributed by atoms with E-state index < -0.39 is 0 Å². The summed E-state index contributed by atoms with van der Waals surface area (Å²) in [6.07, 6.45) is 0. The van der Waals surface area contributed by atoms with E-state index in [0.29, 0.717) is 16.7 Å². The van der Waals surface area contributed by atoms with Crippen LogP contribution in [0, 0.1) is 34.0 Å². The van der Waals surface area contributed by atoms with Gasteiger partial charge in [-0.1, -0.05) is 84.9 Å². The second-order valence-electron chi connectivity index (χ2n) is 12.3. The van der Waals surface area contributed by atoms with Crippen molar-refractivity contribution in [1.29, 1.82) is 15.8 Å². The molecular formula is C45H25N5. The van der Waals surface area contributed by atoms with Crippen LogP contribution in [-0.4, -0.2) is 9.13 Å². The van der Waals surface area contributed by atoms with E-state index in [1.165, 1.54) is 0 Å². The molecule has 0 unspecified atom stereocenters. The Balaban J connectivity index is 1.19. The smallest absolute Gasteiger partial charge is 0.0998 e. The fourth-order valence-electron chi connectivity index (χ4n) is 7.40. The summed E-state index contributed by atoms with van der Waals surface area (Å²) in [7, 11) is 0. The van der Waals surface area contributed by atoms with Crippen LogP contribution in [0.15, 0.2) is 152 Å². The number of fused-ring (bicyclic) bond motifs is 6. The van der Waals surface area contributed by atoms with Gasteiger partial charge in [-0.2, -0.15) is 15.8 Å².